The minimum absolute atomic E-state index is 0. The van der Waals surface area contributed by atoms with Crippen LogP contribution in [0, 0.1) is 11.2 Å². The summed E-state index contributed by atoms with van der Waals surface area (Å²) in [6, 6.07) is 5.40. The number of rotatable bonds is 0. The van der Waals surface area contributed by atoms with Crippen molar-refractivity contribution in [2.45, 2.75) is 0 Å². The summed E-state index contributed by atoms with van der Waals surface area (Å²) in [6.45, 7) is 0. The Labute approximate surface area is 57.0 Å². The van der Waals surface area contributed by atoms with Gasteiger partial charge in [-0.15, -0.1) is 0 Å². The molecule has 0 aromatic heterocycles. The molecule has 0 atom stereocenters. The minimum atomic E-state index is -0.398. The van der Waals surface area contributed by atoms with E-state index in [4.69, 9.17) is 5.39 Å². The van der Waals surface area contributed by atoms with E-state index in [1.54, 1.807) is 0 Å². The van der Waals surface area contributed by atoms with Gasteiger partial charge >= 0.3 is 5.69 Å². The van der Waals surface area contributed by atoms with Crippen molar-refractivity contribution in [3.05, 3.63) is 35.1 Å². The molecule has 0 saturated heterocycles. The highest BCUT2D eigenvalue weighted by atomic mass is 19.1. The zero-order chi connectivity index (χ0) is 6.69. The Bertz CT molecular complexity index is 256. The van der Waals surface area contributed by atoms with Crippen molar-refractivity contribution in [1.82, 2.24) is 0 Å². The summed E-state index contributed by atoms with van der Waals surface area (Å²) in [5.41, 5.74) is 0.231. The third-order valence-electron chi connectivity index (χ3n) is 0.924. The molecule has 0 spiro atoms. The van der Waals surface area contributed by atoms with Gasteiger partial charge in [-0.05, 0) is 6.07 Å². The van der Waals surface area contributed by atoms with E-state index in [0.717, 1.165) is 6.07 Å². The van der Waals surface area contributed by atoms with Gasteiger partial charge in [0.25, 0.3) is 0 Å². The van der Waals surface area contributed by atoms with Crippen LogP contribution in [-0.2, 0) is 0 Å². The summed E-state index contributed by atoms with van der Waals surface area (Å²) in [4.78, 5) is 2.79. The fourth-order valence-corrected chi connectivity index (χ4v) is 0.538. The van der Waals surface area contributed by atoms with Gasteiger partial charge in [0.2, 0.25) is 5.39 Å². The highest BCUT2D eigenvalue weighted by Gasteiger charge is 2.02. The highest BCUT2D eigenvalue weighted by Crippen LogP contribution is 2.11. The Morgan fingerprint density at radius 2 is 2.10 bits per heavy atom. The zero-order valence-corrected chi connectivity index (χ0v) is 5.03. The van der Waals surface area contributed by atoms with Gasteiger partial charge in [0, 0.05) is 6.07 Å². The molecule has 0 aliphatic heterocycles. The van der Waals surface area contributed by atoms with E-state index in [1.165, 1.54) is 18.2 Å². The first-order chi connectivity index (χ1) is 4.33. The van der Waals surface area contributed by atoms with Crippen molar-refractivity contribution in [2.24, 2.45) is 0 Å². The molecule has 1 aromatic carbocycles. The second kappa shape index (κ2) is 3.54. The van der Waals surface area contributed by atoms with Crippen molar-refractivity contribution in [3.8, 4) is 0 Å². The standard InChI is InChI=1S/C6H4FN2.H2O/c7-5-2-1-3-6(4-5)9-8;/h1-4H;1H2/q+1;/p-1. The third-order valence-corrected chi connectivity index (χ3v) is 0.924. The van der Waals surface area contributed by atoms with Gasteiger partial charge < -0.3 is 5.48 Å². The lowest BCUT2D eigenvalue weighted by atomic mass is 10.3. The van der Waals surface area contributed by atoms with E-state index in [-0.39, 0.29) is 11.2 Å². The van der Waals surface area contributed by atoms with Crippen LogP contribution in [0.1, 0.15) is 0 Å². The van der Waals surface area contributed by atoms with E-state index in [9.17, 15) is 4.39 Å². The first kappa shape index (κ1) is 8.53. The molecule has 0 aliphatic carbocycles. The molecule has 4 heteroatoms. The topological polar surface area (TPSA) is 58.1 Å². The van der Waals surface area contributed by atoms with Crippen LogP contribution in [0.2, 0.25) is 0 Å². The lowest BCUT2D eigenvalue weighted by Crippen LogP contribution is -1.67. The fourth-order valence-electron chi connectivity index (χ4n) is 0.538. The van der Waals surface area contributed by atoms with E-state index >= 15 is 0 Å². The number of hydrogen-bond acceptors (Lipinski definition) is 2. The summed E-state index contributed by atoms with van der Waals surface area (Å²) < 4.78 is 12.2. The molecule has 0 aliphatic rings. The van der Waals surface area contributed by atoms with Crippen LogP contribution in [0.15, 0.2) is 24.3 Å². The highest BCUT2D eigenvalue weighted by molar-refractivity contribution is 5.42. The molecule has 1 aromatic rings. The Morgan fingerprint density at radius 1 is 1.40 bits per heavy atom. The summed E-state index contributed by atoms with van der Waals surface area (Å²) in [5, 5.41) is 8.12. The molecule has 0 saturated carbocycles. The third kappa shape index (κ3) is 1.80. The number of halogens is 1. The van der Waals surface area contributed by atoms with Gasteiger partial charge in [-0.25, -0.2) is 4.39 Å². The summed E-state index contributed by atoms with van der Waals surface area (Å²) in [7, 11) is 0. The van der Waals surface area contributed by atoms with Crippen molar-refractivity contribution in [1.29, 1.82) is 5.39 Å². The molecular weight excluding hydrogens is 135 g/mol. The van der Waals surface area contributed by atoms with Crippen molar-refractivity contribution >= 4 is 5.69 Å². The van der Waals surface area contributed by atoms with Crippen LogP contribution in [0.4, 0.5) is 10.1 Å². The summed E-state index contributed by atoms with van der Waals surface area (Å²) in [5.74, 6) is -0.398. The molecule has 0 bridgehead atoms. The lowest BCUT2D eigenvalue weighted by Gasteiger charge is -1.77. The van der Waals surface area contributed by atoms with Gasteiger partial charge in [0.1, 0.15) is 5.82 Å². The molecule has 10 heavy (non-hydrogen) atoms. The van der Waals surface area contributed by atoms with Crippen molar-refractivity contribution in [2.75, 3.05) is 0 Å². The Balaban J connectivity index is 0.000000810. The molecule has 0 amide bonds. The maximum Gasteiger partial charge on any atom is 0.387 e. The molecule has 1 rings (SSSR count). The largest absolute Gasteiger partial charge is 0.870 e. The van der Waals surface area contributed by atoms with Crippen molar-refractivity contribution < 1.29 is 9.87 Å². The number of benzene rings is 1. The predicted octanol–water partition coefficient (Wildman–Crippen LogP) is 2.13. The molecule has 0 radical (unpaired) electrons. The van der Waals surface area contributed by atoms with Gasteiger partial charge in [-0.3, -0.25) is 0 Å². The van der Waals surface area contributed by atoms with Crippen LogP contribution < -0.4 is 0 Å². The molecule has 0 fully saturated rings. The SMILES string of the molecule is N#[N+]c1cccc(F)c1.[OH-]. The van der Waals surface area contributed by atoms with Gasteiger partial charge in [-0.2, -0.15) is 0 Å². The second-order valence-electron chi connectivity index (χ2n) is 1.58. The fraction of sp³-hybridized carbons (Fsp3) is 0. The van der Waals surface area contributed by atoms with Crippen LogP contribution in [0.25, 0.3) is 4.98 Å². The predicted molar refractivity (Wildman–Crippen MR) is 33.1 cm³/mol. The van der Waals surface area contributed by atoms with Gasteiger partial charge in [-0.1, -0.05) is 6.07 Å². The molecule has 1 N–H and O–H groups in total. The molecule has 52 valence electrons. The molecular formula is C6H5FN2O. The van der Waals surface area contributed by atoms with Gasteiger partial charge in [0.05, 0.1) is 6.07 Å². The molecule has 3 nitrogen and oxygen atoms in total. The van der Waals surface area contributed by atoms with Crippen LogP contribution in [-0.4, -0.2) is 5.48 Å². The van der Waals surface area contributed by atoms with E-state index in [0.29, 0.717) is 0 Å². The zero-order valence-electron chi connectivity index (χ0n) is 5.03. The maximum atomic E-state index is 12.2. The first-order valence-electron chi connectivity index (χ1n) is 2.43. The molecule has 0 unspecified atom stereocenters. The second-order valence-corrected chi connectivity index (χ2v) is 1.58. The normalized spacial score (nSPS) is 7.60. The minimum Gasteiger partial charge on any atom is -0.870 e. The number of hydrogen-bond donors (Lipinski definition) is 0. The lowest BCUT2D eigenvalue weighted by molar-refractivity contribution is 0.628. The quantitative estimate of drug-likeness (QED) is 0.518. The number of nitrogens with zero attached hydrogens (tertiary/aromatic N) is 2. The van der Waals surface area contributed by atoms with Crippen LogP contribution in [0.5, 0.6) is 0 Å². The first-order valence-corrected chi connectivity index (χ1v) is 2.43. The average molecular weight is 140 g/mol. The number of diazo groups is 1. The van der Waals surface area contributed by atoms with E-state index in [1.807, 2.05) is 0 Å². The summed E-state index contributed by atoms with van der Waals surface area (Å²) in [6.07, 6.45) is 0. The average Bonchev–Trinajstić information content (AvgIpc) is 1.88. The molecule has 0 heterocycles. The smallest absolute Gasteiger partial charge is 0.387 e. The van der Waals surface area contributed by atoms with Crippen LogP contribution in [0.3, 0.4) is 0 Å². The van der Waals surface area contributed by atoms with E-state index in [2.05, 4.69) is 4.98 Å². The van der Waals surface area contributed by atoms with E-state index < -0.39 is 5.82 Å². The Kier molecular flexibility index (Phi) is 3.02. The Hall–Kier alpha value is -1.47. The summed E-state index contributed by atoms with van der Waals surface area (Å²) >= 11 is 0. The Morgan fingerprint density at radius 3 is 2.50 bits per heavy atom. The van der Waals surface area contributed by atoms with Crippen LogP contribution >= 0.6 is 0 Å². The van der Waals surface area contributed by atoms with Crippen molar-refractivity contribution in [3.63, 3.8) is 0 Å². The van der Waals surface area contributed by atoms with Gasteiger partial charge in [0.15, 0.2) is 4.98 Å². The monoisotopic (exact) mass is 140 g/mol. The maximum absolute atomic E-state index is 12.2.